The van der Waals surface area contributed by atoms with Crippen LogP contribution in [0.15, 0.2) is 0 Å². The van der Waals surface area contributed by atoms with Gasteiger partial charge in [0.25, 0.3) is 35.4 Å². The summed E-state index contributed by atoms with van der Waals surface area (Å²) in [6, 6.07) is 0. The van der Waals surface area contributed by atoms with Gasteiger partial charge >= 0.3 is 23.9 Å². The van der Waals surface area contributed by atoms with Crippen molar-refractivity contribution in [3.63, 3.8) is 0 Å². The van der Waals surface area contributed by atoms with E-state index in [-0.39, 0.29) is 51.0 Å². The molecule has 0 unspecified atom stereocenters. The number of amides is 6. The number of hydrogen-bond donors (Lipinski definition) is 3. The topological polar surface area (TPSA) is 278 Å². The molecule has 0 aromatic rings. The third kappa shape index (κ3) is 13.2. The van der Waals surface area contributed by atoms with Gasteiger partial charge in [0.1, 0.15) is 26.4 Å². The Bertz CT molecular complexity index is 959. The number of nitrogens with zero attached hydrogens (tertiary/aromatic N) is 3. The van der Waals surface area contributed by atoms with Crippen molar-refractivity contribution >= 4 is 59.3 Å². The predicted octanol–water partition coefficient (Wildman–Crippen LogP) is -2.45. The number of hydrogen-bond acceptors (Lipinski definition) is 15. The van der Waals surface area contributed by atoms with E-state index in [0.717, 1.165) is 0 Å². The number of rotatable bonds is 10. The average molecular weight is 593 g/mol. The molecule has 0 bridgehead atoms. The molecule has 3 N–H and O–H groups in total. The second-order valence-electron chi connectivity index (χ2n) is 7.46. The molecule has 41 heavy (non-hydrogen) atoms. The highest BCUT2D eigenvalue weighted by atomic mass is 16.7. The Morgan fingerprint density at radius 1 is 0.537 bits per heavy atom. The first-order valence-corrected chi connectivity index (χ1v) is 11.0. The lowest BCUT2D eigenvalue weighted by Gasteiger charge is -2.13. The molecule has 0 aliphatic carbocycles. The zero-order valence-corrected chi connectivity index (χ0v) is 20.5. The molecule has 3 aliphatic rings. The fourth-order valence-corrected chi connectivity index (χ4v) is 2.58. The number of carboxylic acid groups (broad SMARTS) is 2. The van der Waals surface area contributed by atoms with Gasteiger partial charge in [-0.1, -0.05) is 7.43 Å². The lowest BCUT2D eigenvalue weighted by molar-refractivity contribution is -0.205. The second kappa shape index (κ2) is 17.7. The summed E-state index contributed by atoms with van der Waals surface area (Å²) in [5.41, 5.74) is 0. The molecule has 0 aromatic carbocycles. The van der Waals surface area contributed by atoms with Gasteiger partial charge in [-0.2, -0.15) is 5.06 Å². The van der Waals surface area contributed by atoms with Crippen molar-refractivity contribution in [2.24, 2.45) is 0 Å². The van der Waals surface area contributed by atoms with Crippen molar-refractivity contribution < 1.29 is 82.5 Å². The van der Waals surface area contributed by atoms with Gasteiger partial charge in [-0.15, -0.1) is 10.1 Å². The molecule has 3 rings (SSSR count). The van der Waals surface area contributed by atoms with E-state index in [1.807, 2.05) is 0 Å². The van der Waals surface area contributed by atoms with Gasteiger partial charge in [0.05, 0.1) is 0 Å². The summed E-state index contributed by atoms with van der Waals surface area (Å²) in [7, 11) is 0. The predicted molar refractivity (Wildman–Crippen MR) is 121 cm³/mol. The van der Waals surface area contributed by atoms with E-state index in [1.54, 1.807) is 0 Å². The molecule has 3 aliphatic heterocycles. The van der Waals surface area contributed by atoms with Crippen LogP contribution in [-0.4, -0.2) is 116 Å². The Hall–Kier alpha value is -4.82. The van der Waals surface area contributed by atoms with Crippen molar-refractivity contribution in [1.82, 2.24) is 15.2 Å². The van der Waals surface area contributed by atoms with Crippen molar-refractivity contribution in [2.45, 2.75) is 46.0 Å². The van der Waals surface area contributed by atoms with Crippen molar-refractivity contribution in [1.29, 1.82) is 0 Å². The maximum absolute atomic E-state index is 11.4. The molecule has 20 heteroatoms. The zero-order chi connectivity index (χ0) is 30.4. The smallest absolute Gasteiger partial charge is 0.358 e. The number of carbonyl (C=O) groups excluding carboxylic acids is 8. The number of imide groups is 3. The Morgan fingerprint density at radius 3 is 1.05 bits per heavy atom. The number of aliphatic carboxylic acids is 2. The number of carboxylic acids is 2. The molecule has 0 saturated carbocycles. The molecule has 0 spiro atoms. The highest BCUT2D eigenvalue weighted by Gasteiger charge is 2.34. The molecule has 6 amide bonds. The molecule has 0 aromatic heterocycles. The first-order valence-electron chi connectivity index (χ1n) is 11.0. The van der Waals surface area contributed by atoms with Crippen molar-refractivity contribution in [3.05, 3.63) is 0 Å². The second-order valence-corrected chi connectivity index (χ2v) is 7.46. The van der Waals surface area contributed by atoms with Gasteiger partial charge in [0.2, 0.25) is 0 Å². The third-order valence-corrected chi connectivity index (χ3v) is 4.31. The molecule has 0 radical (unpaired) electrons. The fraction of sp³-hybridized carbons (Fsp3) is 0.524. The van der Waals surface area contributed by atoms with E-state index in [2.05, 4.69) is 19.1 Å². The van der Waals surface area contributed by atoms with Crippen LogP contribution in [0.5, 0.6) is 0 Å². The number of ether oxygens (including phenoxy) is 2. The molecule has 3 heterocycles. The van der Waals surface area contributed by atoms with Gasteiger partial charge in [0, 0.05) is 38.5 Å². The van der Waals surface area contributed by atoms with Crippen LogP contribution in [0.3, 0.4) is 0 Å². The Balaban J connectivity index is 0.000000730. The first kappa shape index (κ1) is 36.2. The molecule has 228 valence electrons. The van der Waals surface area contributed by atoms with Crippen LogP contribution < -0.4 is 0 Å². The van der Waals surface area contributed by atoms with E-state index in [4.69, 9.17) is 15.4 Å². The van der Waals surface area contributed by atoms with E-state index in [9.17, 15) is 47.9 Å². The fourth-order valence-electron chi connectivity index (χ4n) is 2.58. The van der Waals surface area contributed by atoms with Gasteiger partial charge in [-0.05, 0) is 0 Å². The SMILES string of the molecule is C.O=C(COCC(=O)ON1C(=O)CCC1=O)ON1C(=O)CCC1=O.O=C(O)COCC(=O)O.O=C1CCC(=O)N1O. The number of carbonyl (C=O) groups is 10. The van der Waals surface area contributed by atoms with Gasteiger partial charge < -0.3 is 29.4 Å². The quantitative estimate of drug-likeness (QED) is 0.175. The minimum absolute atomic E-state index is 0. The van der Waals surface area contributed by atoms with E-state index < -0.39 is 85.7 Å². The van der Waals surface area contributed by atoms with Crippen molar-refractivity contribution in [2.75, 3.05) is 26.4 Å². The third-order valence-electron chi connectivity index (χ3n) is 4.31. The summed E-state index contributed by atoms with van der Waals surface area (Å²) in [4.78, 5) is 116. The van der Waals surface area contributed by atoms with Crippen LogP contribution in [0.25, 0.3) is 0 Å². The van der Waals surface area contributed by atoms with Crippen LogP contribution >= 0.6 is 0 Å². The summed E-state index contributed by atoms with van der Waals surface area (Å²) in [6.45, 7) is -2.58. The molecular weight excluding hydrogens is 566 g/mol. The van der Waals surface area contributed by atoms with Crippen LogP contribution in [-0.2, 0) is 67.1 Å². The first-order chi connectivity index (χ1) is 18.7. The maximum atomic E-state index is 11.4. The lowest BCUT2D eigenvalue weighted by atomic mass is 10.4. The van der Waals surface area contributed by atoms with E-state index in [0.29, 0.717) is 10.1 Å². The molecule has 20 nitrogen and oxygen atoms in total. The minimum atomic E-state index is -1.17. The Kier molecular flexibility index (Phi) is 15.6. The van der Waals surface area contributed by atoms with Gasteiger partial charge in [-0.25, -0.2) is 19.2 Å². The summed E-state index contributed by atoms with van der Waals surface area (Å²) < 4.78 is 8.83. The van der Waals surface area contributed by atoms with Crippen LogP contribution in [0.1, 0.15) is 46.0 Å². The summed E-state index contributed by atoms with van der Waals surface area (Å²) in [5.74, 6) is -8.05. The maximum Gasteiger partial charge on any atom is 0.358 e. The molecule has 0 atom stereocenters. The summed E-state index contributed by atoms with van der Waals surface area (Å²) in [5, 5.41) is 25.1. The van der Waals surface area contributed by atoms with E-state index in [1.165, 1.54) is 0 Å². The monoisotopic (exact) mass is 593 g/mol. The zero-order valence-electron chi connectivity index (χ0n) is 20.5. The molecular formula is C21H27N3O17. The largest absolute Gasteiger partial charge is 0.480 e. The van der Waals surface area contributed by atoms with Crippen LogP contribution in [0.2, 0.25) is 0 Å². The van der Waals surface area contributed by atoms with E-state index >= 15 is 0 Å². The van der Waals surface area contributed by atoms with Crippen LogP contribution in [0.4, 0.5) is 0 Å². The van der Waals surface area contributed by atoms with Gasteiger partial charge in [-0.3, -0.25) is 34.0 Å². The Morgan fingerprint density at radius 2 is 0.805 bits per heavy atom. The molecule has 3 fully saturated rings. The standard InChI is InChI=1S/C12H12N2O9.C4H5NO3.C4H6O5.CH4/c15-7-1-2-8(16)13(7)22-11(19)5-21-6-12(20)23-14-9(17)3-4-10(14)18;6-3-1-2-4(7)5(3)8;5-3(6)1-9-2-4(7)8;/h1-6H2;8H,1-2H2;1-2H2,(H,5,6)(H,7,8);1H4. The normalized spacial score (nSPS) is 16.0. The van der Waals surface area contributed by atoms with Gasteiger partial charge in [0.15, 0.2) is 0 Å². The lowest BCUT2D eigenvalue weighted by Crippen LogP contribution is -2.35. The minimum Gasteiger partial charge on any atom is -0.480 e. The van der Waals surface area contributed by atoms with Crippen molar-refractivity contribution in [3.8, 4) is 0 Å². The molecule has 3 saturated heterocycles. The summed E-state index contributed by atoms with van der Waals surface area (Å²) in [6.07, 6.45) is 0.118. The average Bonchev–Trinajstić information content (AvgIpc) is 3.47. The van der Waals surface area contributed by atoms with Crippen LogP contribution in [0, 0.1) is 0 Å². The summed E-state index contributed by atoms with van der Waals surface area (Å²) >= 11 is 0. The number of hydroxylamine groups is 6. The Labute approximate surface area is 230 Å². The highest BCUT2D eigenvalue weighted by Crippen LogP contribution is 2.13. The highest BCUT2D eigenvalue weighted by molar-refractivity contribution is 6.02.